The second-order valence-electron chi connectivity index (χ2n) is 4.73. The summed E-state index contributed by atoms with van der Waals surface area (Å²) in [6, 6.07) is 0. The molecule has 9 heteroatoms. The standard InChI is InChI=1S/C12H17N5O3S/c1-13-12-16-9-10(14-5-15-11(9)21-2)17(12)8-3-6(19)7(4-18)20-8/h5-8,18-19H,3-4H2,1-2H3,(H,13,16)/t6-,7+,8-/m1/s1. The van der Waals surface area contributed by atoms with E-state index in [2.05, 4.69) is 20.3 Å². The summed E-state index contributed by atoms with van der Waals surface area (Å²) in [5, 5.41) is 22.9. The minimum absolute atomic E-state index is 0.218. The van der Waals surface area contributed by atoms with Crippen molar-refractivity contribution in [2.75, 3.05) is 25.2 Å². The number of aliphatic hydroxyl groups excluding tert-OH is 2. The number of ether oxygens (including phenoxy) is 1. The normalized spacial score (nSPS) is 25.6. The van der Waals surface area contributed by atoms with Gasteiger partial charge in [0.05, 0.1) is 12.7 Å². The van der Waals surface area contributed by atoms with E-state index in [4.69, 9.17) is 4.74 Å². The quantitative estimate of drug-likeness (QED) is 0.544. The van der Waals surface area contributed by atoms with Crippen LogP contribution in [0.15, 0.2) is 11.4 Å². The van der Waals surface area contributed by atoms with Crippen molar-refractivity contribution in [3.63, 3.8) is 0 Å². The molecule has 3 N–H and O–H groups in total. The second-order valence-corrected chi connectivity index (χ2v) is 5.52. The van der Waals surface area contributed by atoms with Gasteiger partial charge in [0, 0.05) is 13.5 Å². The van der Waals surface area contributed by atoms with Crippen molar-refractivity contribution in [2.45, 2.75) is 29.9 Å². The Bertz CT molecular complexity index is 649. The van der Waals surface area contributed by atoms with E-state index in [1.165, 1.54) is 18.1 Å². The van der Waals surface area contributed by atoms with Gasteiger partial charge in [-0.15, -0.1) is 11.8 Å². The average molecular weight is 311 g/mol. The predicted octanol–water partition coefficient (Wildman–Crippen LogP) is 0.231. The molecule has 0 bridgehead atoms. The zero-order chi connectivity index (χ0) is 15.0. The minimum Gasteiger partial charge on any atom is -0.394 e. The van der Waals surface area contributed by atoms with Crippen LogP contribution in [-0.4, -0.2) is 61.9 Å². The first-order valence-corrected chi connectivity index (χ1v) is 7.81. The number of hydrogen-bond acceptors (Lipinski definition) is 8. The van der Waals surface area contributed by atoms with Gasteiger partial charge in [-0.1, -0.05) is 0 Å². The first kappa shape index (κ1) is 14.5. The molecule has 0 aromatic carbocycles. The van der Waals surface area contributed by atoms with Crippen LogP contribution in [0.1, 0.15) is 12.6 Å². The van der Waals surface area contributed by atoms with Gasteiger partial charge in [0.15, 0.2) is 5.65 Å². The van der Waals surface area contributed by atoms with Crippen LogP contribution in [0.5, 0.6) is 0 Å². The van der Waals surface area contributed by atoms with E-state index in [0.717, 1.165) is 5.03 Å². The van der Waals surface area contributed by atoms with Gasteiger partial charge >= 0.3 is 0 Å². The number of rotatable bonds is 4. The van der Waals surface area contributed by atoms with Gasteiger partial charge in [0.25, 0.3) is 0 Å². The smallest absolute Gasteiger partial charge is 0.207 e. The molecule has 8 nitrogen and oxygen atoms in total. The lowest BCUT2D eigenvalue weighted by molar-refractivity contribution is -0.0425. The Labute approximate surface area is 125 Å². The van der Waals surface area contributed by atoms with Gasteiger partial charge in [0.2, 0.25) is 5.95 Å². The summed E-state index contributed by atoms with van der Waals surface area (Å²) in [5.74, 6) is 0.594. The van der Waals surface area contributed by atoms with Gasteiger partial charge in [-0.3, -0.25) is 4.57 Å². The summed E-state index contributed by atoms with van der Waals surface area (Å²) in [7, 11) is 1.76. The average Bonchev–Trinajstić information content (AvgIpc) is 3.06. The van der Waals surface area contributed by atoms with Crippen LogP contribution in [0.4, 0.5) is 5.95 Å². The zero-order valence-electron chi connectivity index (χ0n) is 11.7. The Hall–Kier alpha value is -1.42. The maximum Gasteiger partial charge on any atom is 0.207 e. The van der Waals surface area contributed by atoms with Crippen molar-refractivity contribution in [1.29, 1.82) is 0 Å². The van der Waals surface area contributed by atoms with Crippen molar-refractivity contribution < 1.29 is 14.9 Å². The molecule has 3 heterocycles. The van der Waals surface area contributed by atoms with E-state index in [0.29, 0.717) is 23.5 Å². The third kappa shape index (κ3) is 2.35. The summed E-state index contributed by atoms with van der Waals surface area (Å²) >= 11 is 1.49. The molecule has 1 saturated heterocycles. The highest BCUT2D eigenvalue weighted by atomic mass is 32.2. The highest BCUT2D eigenvalue weighted by Gasteiger charge is 2.36. The molecule has 0 aliphatic carbocycles. The molecule has 0 saturated carbocycles. The zero-order valence-corrected chi connectivity index (χ0v) is 12.5. The van der Waals surface area contributed by atoms with Crippen LogP contribution in [0.2, 0.25) is 0 Å². The Morgan fingerprint density at radius 2 is 2.33 bits per heavy atom. The van der Waals surface area contributed by atoms with Crippen LogP contribution in [-0.2, 0) is 4.74 Å². The summed E-state index contributed by atoms with van der Waals surface area (Å²) in [6.07, 6.45) is 2.08. The highest BCUT2D eigenvalue weighted by Crippen LogP contribution is 2.35. The summed E-state index contributed by atoms with van der Waals surface area (Å²) in [5.41, 5.74) is 1.34. The fourth-order valence-electron chi connectivity index (χ4n) is 2.52. The number of hydrogen-bond donors (Lipinski definition) is 3. The third-order valence-corrected chi connectivity index (χ3v) is 4.22. The van der Waals surface area contributed by atoms with Crippen molar-refractivity contribution in [1.82, 2.24) is 19.5 Å². The van der Waals surface area contributed by atoms with Crippen molar-refractivity contribution in [3.05, 3.63) is 6.33 Å². The van der Waals surface area contributed by atoms with Gasteiger partial charge in [-0.25, -0.2) is 15.0 Å². The van der Waals surface area contributed by atoms with Gasteiger partial charge in [0.1, 0.15) is 29.2 Å². The fourth-order valence-corrected chi connectivity index (χ4v) is 3.01. The number of anilines is 1. The first-order valence-electron chi connectivity index (χ1n) is 6.58. The Morgan fingerprint density at radius 3 is 2.95 bits per heavy atom. The van der Waals surface area contributed by atoms with Crippen LogP contribution in [0.25, 0.3) is 11.2 Å². The van der Waals surface area contributed by atoms with E-state index in [9.17, 15) is 10.2 Å². The van der Waals surface area contributed by atoms with Crippen molar-refractivity contribution >= 4 is 28.9 Å². The van der Waals surface area contributed by atoms with Crippen LogP contribution < -0.4 is 5.32 Å². The molecule has 1 aliphatic heterocycles. The largest absolute Gasteiger partial charge is 0.394 e. The lowest BCUT2D eigenvalue weighted by atomic mass is 10.2. The molecule has 2 aromatic rings. The monoisotopic (exact) mass is 311 g/mol. The molecular weight excluding hydrogens is 294 g/mol. The molecule has 1 fully saturated rings. The molecule has 0 radical (unpaired) electrons. The molecule has 0 unspecified atom stereocenters. The Balaban J connectivity index is 2.09. The van der Waals surface area contributed by atoms with E-state index in [1.807, 2.05) is 6.26 Å². The van der Waals surface area contributed by atoms with Crippen molar-refractivity contribution in [3.8, 4) is 0 Å². The highest BCUT2D eigenvalue weighted by molar-refractivity contribution is 7.98. The van der Waals surface area contributed by atoms with Crippen molar-refractivity contribution in [2.24, 2.45) is 0 Å². The van der Waals surface area contributed by atoms with E-state index >= 15 is 0 Å². The number of aromatic nitrogens is 4. The lowest BCUT2D eigenvalue weighted by Gasteiger charge is -2.16. The molecule has 0 amide bonds. The van der Waals surface area contributed by atoms with E-state index in [-0.39, 0.29) is 6.61 Å². The van der Waals surface area contributed by atoms with Crippen LogP contribution >= 0.6 is 11.8 Å². The number of thioether (sulfide) groups is 1. The molecule has 0 spiro atoms. The predicted molar refractivity (Wildman–Crippen MR) is 78.3 cm³/mol. The first-order chi connectivity index (χ1) is 10.2. The second kappa shape index (κ2) is 5.76. The number of imidazole rings is 1. The lowest BCUT2D eigenvalue weighted by Crippen LogP contribution is -2.24. The molecule has 21 heavy (non-hydrogen) atoms. The fraction of sp³-hybridized carbons (Fsp3) is 0.583. The number of aliphatic hydroxyl groups is 2. The molecule has 2 aromatic heterocycles. The SMILES string of the molecule is CNc1nc2c(SC)ncnc2n1[C@H]1C[C@@H](O)[C@H](CO)O1. The maximum atomic E-state index is 9.92. The van der Waals surface area contributed by atoms with E-state index in [1.54, 1.807) is 11.6 Å². The number of fused-ring (bicyclic) bond motifs is 1. The number of nitrogens with zero attached hydrogens (tertiary/aromatic N) is 4. The third-order valence-electron chi connectivity index (χ3n) is 3.53. The topological polar surface area (TPSA) is 105 Å². The molecule has 1 aliphatic rings. The van der Waals surface area contributed by atoms with E-state index < -0.39 is 18.4 Å². The van der Waals surface area contributed by atoms with Gasteiger partial charge < -0.3 is 20.3 Å². The minimum atomic E-state index is -0.705. The van der Waals surface area contributed by atoms with Gasteiger partial charge in [-0.05, 0) is 6.26 Å². The summed E-state index contributed by atoms with van der Waals surface area (Å²) in [6.45, 7) is -0.218. The molecular formula is C12H17N5O3S. The maximum absolute atomic E-state index is 9.92. The number of nitrogens with one attached hydrogen (secondary N) is 1. The Morgan fingerprint density at radius 1 is 1.52 bits per heavy atom. The molecule has 114 valence electrons. The van der Waals surface area contributed by atoms with Crippen LogP contribution in [0.3, 0.4) is 0 Å². The molecule has 3 rings (SSSR count). The van der Waals surface area contributed by atoms with Gasteiger partial charge in [-0.2, -0.15) is 0 Å². The summed E-state index contributed by atoms with van der Waals surface area (Å²) in [4.78, 5) is 13.0. The molecule has 3 atom stereocenters. The Kier molecular flexibility index (Phi) is 3.98. The van der Waals surface area contributed by atoms with Crippen LogP contribution in [0, 0.1) is 0 Å². The summed E-state index contributed by atoms with van der Waals surface area (Å²) < 4.78 is 7.51.